The molecular formula is C27H24F2N6O3S. The van der Waals surface area contributed by atoms with E-state index < -0.39 is 26.6 Å². The van der Waals surface area contributed by atoms with Gasteiger partial charge in [-0.15, -0.1) is 0 Å². The van der Waals surface area contributed by atoms with Gasteiger partial charge in [-0.2, -0.15) is 0 Å². The summed E-state index contributed by atoms with van der Waals surface area (Å²) in [5.74, 6) is -1.79. The fourth-order valence-corrected chi connectivity index (χ4v) is 5.29. The number of benzene rings is 2. The highest BCUT2D eigenvalue weighted by molar-refractivity contribution is 7.92. The first-order valence-electron chi connectivity index (χ1n) is 11.6. The number of nitrogens with two attached hydrogens (primary N) is 1. The maximum Gasteiger partial charge on any atom is 0.264 e. The van der Waals surface area contributed by atoms with Crippen molar-refractivity contribution in [2.75, 3.05) is 36.6 Å². The van der Waals surface area contributed by atoms with E-state index in [1.54, 1.807) is 12.1 Å². The minimum absolute atomic E-state index is 0.0246. The van der Waals surface area contributed by atoms with Crippen molar-refractivity contribution in [3.8, 4) is 28.3 Å². The molecule has 5 aromatic rings. The summed E-state index contributed by atoms with van der Waals surface area (Å²) in [6.45, 7) is 0. The number of halogens is 2. The lowest BCUT2D eigenvalue weighted by Crippen LogP contribution is -2.15. The summed E-state index contributed by atoms with van der Waals surface area (Å²) in [4.78, 5) is 9.97. The van der Waals surface area contributed by atoms with Gasteiger partial charge in [0.1, 0.15) is 27.9 Å². The monoisotopic (exact) mass is 550 g/mol. The van der Waals surface area contributed by atoms with Crippen molar-refractivity contribution >= 4 is 32.9 Å². The summed E-state index contributed by atoms with van der Waals surface area (Å²) in [7, 11) is 0.814. The van der Waals surface area contributed by atoms with Crippen LogP contribution in [-0.2, 0) is 10.0 Å². The van der Waals surface area contributed by atoms with Gasteiger partial charge in [-0.05, 0) is 42.5 Å². The van der Waals surface area contributed by atoms with E-state index >= 15 is 0 Å². The summed E-state index contributed by atoms with van der Waals surface area (Å²) < 4.78 is 62.7. The lowest BCUT2D eigenvalue weighted by molar-refractivity contribution is 0.400. The first-order chi connectivity index (χ1) is 18.6. The molecule has 2 aromatic carbocycles. The molecule has 0 aliphatic heterocycles. The Morgan fingerprint density at radius 3 is 2.36 bits per heavy atom. The Morgan fingerprint density at radius 1 is 0.974 bits per heavy atom. The average molecular weight is 551 g/mol. The molecule has 0 spiro atoms. The predicted octanol–water partition coefficient (Wildman–Crippen LogP) is 4.80. The van der Waals surface area contributed by atoms with Crippen molar-refractivity contribution < 1.29 is 21.9 Å². The van der Waals surface area contributed by atoms with Gasteiger partial charge in [0.15, 0.2) is 5.82 Å². The third kappa shape index (κ3) is 4.93. The number of aromatic nitrogens is 3. The van der Waals surface area contributed by atoms with Crippen LogP contribution in [0.3, 0.4) is 0 Å². The molecule has 0 aliphatic carbocycles. The van der Waals surface area contributed by atoms with Gasteiger partial charge in [0.05, 0.1) is 12.8 Å². The second-order valence-corrected chi connectivity index (χ2v) is 10.5. The molecule has 3 heterocycles. The number of fused-ring (bicyclic) bond motifs is 1. The van der Waals surface area contributed by atoms with E-state index in [4.69, 9.17) is 10.5 Å². The van der Waals surface area contributed by atoms with Crippen molar-refractivity contribution in [3.05, 3.63) is 84.7 Å². The number of rotatable bonds is 7. The number of imidazole rings is 1. The number of nitrogens with one attached hydrogen (secondary N) is 1. The number of hydrogen-bond donors (Lipinski definition) is 2. The second kappa shape index (κ2) is 9.87. The summed E-state index contributed by atoms with van der Waals surface area (Å²) >= 11 is 0. The number of nitrogens with zero attached hydrogens (tertiary/aromatic N) is 4. The molecule has 0 saturated heterocycles. The third-order valence-electron chi connectivity index (χ3n) is 6.11. The van der Waals surface area contributed by atoms with Crippen LogP contribution in [0.2, 0.25) is 0 Å². The molecule has 12 heteroatoms. The van der Waals surface area contributed by atoms with Crippen molar-refractivity contribution in [1.82, 2.24) is 14.4 Å². The van der Waals surface area contributed by atoms with Gasteiger partial charge in [-0.3, -0.25) is 9.12 Å². The molecule has 200 valence electrons. The number of methoxy groups -OCH3 is 1. The molecule has 0 aliphatic rings. The Bertz CT molecular complexity index is 1810. The number of hydrogen-bond acceptors (Lipinski definition) is 7. The van der Waals surface area contributed by atoms with E-state index in [1.165, 1.54) is 19.4 Å². The number of ether oxygens (including phenoxy) is 1. The Kier molecular flexibility index (Phi) is 6.56. The summed E-state index contributed by atoms with van der Waals surface area (Å²) in [6.07, 6.45) is 3.33. The van der Waals surface area contributed by atoms with Crippen LogP contribution in [0.15, 0.2) is 78.0 Å². The average Bonchev–Trinajstić information content (AvgIpc) is 3.23. The van der Waals surface area contributed by atoms with Gasteiger partial charge in [0.25, 0.3) is 10.0 Å². The Morgan fingerprint density at radius 2 is 1.69 bits per heavy atom. The maximum absolute atomic E-state index is 14.2. The van der Waals surface area contributed by atoms with Crippen LogP contribution in [0.5, 0.6) is 5.88 Å². The van der Waals surface area contributed by atoms with E-state index in [9.17, 15) is 17.2 Å². The van der Waals surface area contributed by atoms with Crippen molar-refractivity contribution in [2.24, 2.45) is 0 Å². The Balaban J connectivity index is 1.56. The molecular weight excluding hydrogens is 526 g/mol. The molecule has 0 amide bonds. The highest BCUT2D eigenvalue weighted by Gasteiger charge is 2.22. The summed E-state index contributed by atoms with van der Waals surface area (Å²) in [5.41, 5.74) is 10.7. The zero-order valence-corrected chi connectivity index (χ0v) is 22.0. The minimum Gasteiger partial charge on any atom is -0.480 e. The Hall–Kier alpha value is -4.71. The molecule has 0 saturated carbocycles. The van der Waals surface area contributed by atoms with E-state index in [2.05, 4.69) is 14.7 Å². The minimum atomic E-state index is -4.42. The van der Waals surface area contributed by atoms with Gasteiger partial charge in [-0.1, -0.05) is 12.1 Å². The Labute approximate surface area is 223 Å². The van der Waals surface area contributed by atoms with Gasteiger partial charge in [-0.25, -0.2) is 27.2 Å². The van der Waals surface area contributed by atoms with Gasteiger partial charge >= 0.3 is 0 Å². The molecule has 0 atom stereocenters. The molecule has 0 unspecified atom stereocenters. The highest BCUT2D eigenvalue weighted by Crippen LogP contribution is 2.33. The number of anilines is 3. The van der Waals surface area contributed by atoms with Crippen LogP contribution in [0, 0.1) is 11.6 Å². The molecule has 9 nitrogen and oxygen atoms in total. The first kappa shape index (κ1) is 25.9. The van der Waals surface area contributed by atoms with E-state index in [-0.39, 0.29) is 11.6 Å². The molecule has 3 aromatic heterocycles. The number of nitrogen functional groups attached to an aromatic ring is 1. The molecule has 0 radical (unpaired) electrons. The van der Waals surface area contributed by atoms with Crippen molar-refractivity contribution in [2.45, 2.75) is 4.90 Å². The summed E-state index contributed by atoms with van der Waals surface area (Å²) in [6, 6.07) is 15.2. The molecule has 0 fully saturated rings. The SMILES string of the molecule is COc1ncc(-c2ccc3nc(N)c(-c4ccc(N(C)C)cc4)n3c2)cc1NS(=O)(=O)c1ccc(F)cc1F. The standard InChI is InChI=1S/C27H24F2N6O3S/c1-34(2)20-8-4-16(5-9-20)25-26(30)32-24-11-6-17(15-35(24)25)18-12-22(27(38-3)31-14-18)33-39(36,37)23-10-7-19(28)13-21(23)29/h4-15,33H,30H2,1-3H3. The molecule has 3 N–H and O–H groups in total. The normalized spacial score (nSPS) is 11.5. The topological polar surface area (TPSA) is 115 Å². The van der Waals surface area contributed by atoms with Crippen LogP contribution < -0.4 is 20.1 Å². The molecule has 0 bridgehead atoms. The van der Waals surface area contributed by atoms with Crippen LogP contribution in [-0.4, -0.2) is 44.0 Å². The first-order valence-corrected chi connectivity index (χ1v) is 13.1. The van der Waals surface area contributed by atoms with Gasteiger partial charge in [0, 0.05) is 54.9 Å². The smallest absolute Gasteiger partial charge is 0.264 e. The van der Waals surface area contributed by atoms with Gasteiger partial charge in [0.2, 0.25) is 5.88 Å². The van der Waals surface area contributed by atoms with Crippen LogP contribution in [0.4, 0.5) is 26.0 Å². The lowest BCUT2D eigenvalue weighted by atomic mass is 10.1. The number of pyridine rings is 2. The third-order valence-corrected chi connectivity index (χ3v) is 7.51. The molecule has 39 heavy (non-hydrogen) atoms. The maximum atomic E-state index is 14.2. The zero-order chi connectivity index (χ0) is 27.9. The van der Waals surface area contributed by atoms with Crippen molar-refractivity contribution in [1.29, 1.82) is 0 Å². The van der Waals surface area contributed by atoms with E-state index in [0.29, 0.717) is 34.4 Å². The van der Waals surface area contributed by atoms with Crippen molar-refractivity contribution in [3.63, 3.8) is 0 Å². The fraction of sp³-hybridized carbons (Fsp3) is 0.111. The largest absolute Gasteiger partial charge is 0.480 e. The van der Waals surface area contributed by atoms with Crippen LogP contribution >= 0.6 is 0 Å². The fourth-order valence-electron chi connectivity index (χ4n) is 4.18. The van der Waals surface area contributed by atoms with E-state index in [1.807, 2.05) is 53.9 Å². The summed E-state index contributed by atoms with van der Waals surface area (Å²) in [5, 5.41) is 0. The number of sulfonamides is 1. The zero-order valence-electron chi connectivity index (χ0n) is 21.2. The second-order valence-electron chi connectivity index (χ2n) is 8.89. The van der Waals surface area contributed by atoms with Gasteiger partial charge < -0.3 is 15.4 Å². The van der Waals surface area contributed by atoms with E-state index in [0.717, 1.165) is 23.4 Å². The molecule has 5 rings (SSSR count). The quantitative estimate of drug-likeness (QED) is 0.299. The lowest BCUT2D eigenvalue weighted by Gasteiger charge is -2.14. The highest BCUT2D eigenvalue weighted by atomic mass is 32.2. The van der Waals surface area contributed by atoms with Crippen LogP contribution in [0.1, 0.15) is 0 Å². The van der Waals surface area contributed by atoms with Crippen LogP contribution in [0.25, 0.3) is 28.0 Å². The predicted molar refractivity (Wildman–Crippen MR) is 146 cm³/mol.